The molecule has 0 radical (unpaired) electrons. The zero-order valence-electron chi connectivity index (χ0n) is 26.5. The second-order valence-corrected chi connectivity index (χ2v) is 15.1. The number of pyridine rings is 1. The van der Waals surface area contributed by atoms with Gasteiger partial charge in [0.1, 0.15) is 43.4 Å². The average molecular weight is 700 g/mol. The Morgan fingerprint density at radius 1 is 0.680 bits per heavy atom. The Balaban J connectivity index is 1.43. The predicted octanol–water partition coefficient (Wildman–Crippen LogP) is 8.51. The summed E-state index contributed by atoms with van der Waals surface area (Å²) in [7, 11) is -3.46. The lowest BCUT2D eigenvalue weighted by Gasteiger charge is -2.36. The molecular formula is C39H27F2N5O2S2. The molecule has 0 aliphatic heterocycles. The minimum absolute atomic E-state index is 0.113. The molecule has 8 aromatic rings. The topological polar surface area (TPSA) is 82.1 Å². The molecule has 246 valence electrons. The minimum Gasteiger partial charge on any atom is -0.297 e. The number of hydrogen-bond acceptors (Lipinski definition) is 6. The first-order valence-electron chi connectivity index (χ1n) is 15.6. The summed E-state index contributed by atoms with van der Waals surface area (Å²) in [5.41, 5.74) is 3.71. The van der Waals surface area contributed by atoms with Crippen LogP contribution in [0.3, 0.4) is 0 Å². The van der Waals surface area contributed by atoms with Crippen LogP contribution >= 0.6 is 11.3 Å². The van der Waals surface area contributed by atoms with E-state index in [1.807, 2.05) is 103 Å². The minimum atomic E-state index is -3.46. The van der Waals surface area contributed by atoms with Gasteiger partial charge in [0.2, 0.25) is 0 Å². The van der Waals surface area contributed by atoms with Crippen molar-refractivity contribution in [3.63, 3.8) is 0 Å². The molecule has 0 saturated heterocycles. The molecule has 0 amide bonds. The molecule has 0 atom stereocenters. The molecule has 0 bridgehead atoms. The van der Waals surface area contributed by atoms with E-state index in [9.17, 15) is 8.42 Å². The highest BCUT2D eigenvalue weighted by Gasteiger charge is 2.40. The van der Waals surface area contributed by atoms with Crippen molar-refractivity contribution in [2.24, 2.45) is 0 Å². The molecule has 4 heterocycles. The number of aromatic nitrogens is 5. The van der Waals surface area contributed by atoms with E-state index in [0.29, 0.717) is 27.5 Å². The quantitative estimate of drug-likeness (QED) is 0.149. The third kappa shape index (κ3) is 5.22. The molecule has 7 nitrogen and oxygen atoms in total. The van der Waals surface area contributed by atoms with Gasteiger partial charge in [-0.25, -0.2) is 27.2 Å². The van der Waals surface area contributed by atoms with E-state index in [4.69, 9.17) is 5.10 Å². The summed E-state index contributed by atoms with van der Waals surface area (Å²) in [6.45, 7) is 0. The molecule has 4 aromatic heterocycles. The first kappa shape index (κ1) is 31.5. The third-order valence-electron chi connectivity index (χ3n) is 8.72. The molecule has 0 unspecified atom stereocenters. The number of fused-ring (bicyclic) bond motifs is 1. The lowest BCUT2D eigenvalue weighted by atomic mass is 9.77. The van der Waals surface area contributed by atoms with Gasteiger partial charge < -0.3 is 0 Å². The fourth-order valence-electron chi connectivity index (χ4n) is 6.45. The van der Waals surface area contributed by atoms with E-state index in [2.05, 4.69) is 9.97 Å². The molecule has 11 heteroatoms. The van der Waals surface area contributed by atoms with Crippen molar-refractivity contribution in [2.75, 3.05) is 6.26 Å². The highest BCUT2D eigenvalue weighted by molar-refractivity contribution is 7.92. The van der Waals surface area contributed by atoms with Gasteiger partial charge in [0, 0.05) is 29.8 Å². The monoisotopic (exact) mass is 699 g/mol. The van der Waals surface area contributed by atoms with E-state index in [1.165, 1.54) is 24.4 Å². The smallest absolute Gasteiger partial charge is 0.186 e. The highest BCUT2D eigenvalue weighted by atomic mass is 32.2. The Kier molecular flexibility index (Phi) is 7.73. The van der Waals surface area contributed by atoms with Crippen LogP contribution in [0.2, 0.25) is 0 Å². The Hall–Kier alpha value is -5.78. The first-order valence-corrected chi connectivity index (χ1v) is 18.3. The average Bonchev–Trinajstić information content (AvgIpc) is 3.89. The fraction of sp³-hybridized carbons (Fsp3) is 0.0513. The van der Waals surface area contributed by atoms with Gasteiger partial charge >= 0.3 is 0 Å². The second-order valence-electron chi connectivity index (χ2n) is 11.8. The largest absolute Gasteiger partial charge is 0.297 e. The summed E-state index contributed by atoms with van der Waals surface area (Å²) in [5, 5.41) is 5.55. The van der Waals surface area contributed by atoms with Crippen molar-refractivity contribution in [2.45, 2.75) is 9.75 Å². The van der Waals surface area contributed by atoms with Gasteiger partial charge in [0.15, 0.2) is 9.84 Å². The van der Waals surface area contributed by atoms with Crippen molar-refractivity contribution in [3.8, 4) is 33.1 Å². The standard InChI is InChI=1S/C39H27F2N5O2S2/c1-50(47,48)35-23-43-38(49-35)33-22-42-34-21-20-26(24-45(33)34)30-25-46(44-37(30)36-31(40)18-11-19-32(36)41)39(27-12-5-2-6-13-27,28-14-7-3-8-15-28)29-16-9-4-10-17-29/h2-25H,1H3. The zero-order valence-corrected chi connectivity index (χ0v) is 28.1. The lowest BCUT2D eigenvalue weighted by Crippen LogP contribution is -2.38. The molecule has 0 N–H and O–H groups in total. The normalized spacial score (nSPS) is 12.1. The summed E-state index contributed by atoms with van der Waals surface area (Å²) in [6.07, 6.45) is 7.72. The molecular weight excluding hydrogens is 673 g/mol. The zero-order chi connectivity index (χ0) is 34.5. The second kappa shape index (κ2) is 12.3. The number of rotatable bonds is 8. The van der Waals surface area contributed by atoms with Gasteiger partial charge in [-0.05, 0) is 41.0 Å². The molecule has 4 aromatic carbocycles. The molecule has 0 fully saturated rings. The summed E-state index contributed by atoms with van der Waals surface area (Å²) < 4.78 is 59.6. The van der Waals surface area contributed by atoms with Crippen LogP contribution in [-0.4, -0.2) is 38.8 Å². The Morgan fingerprint density at radius 2 is 1.26 bits per heavy atom. The van der Waals surface area contributed by atoms with Crippen molar-refractivity contribution >= 4 is 26.8 Å². The Morgan fingerprint density at radius 3 is 1.80 bits per heavy atom. The van der Waals surface area contributed by atoms with Gasteiger partial charge in [-0.3, -0.25) is 9.08 Å². The number of sulfone groups is 1. The molecule has 0 spiro atoms. The number of benzene rings is 4. The summed E-state index contributed by atoms with van der Waals surface area (Å²) in [4.78, 5) is 8.88. The van der Waals surface area contributed by atoms with Gasteiger partial charge in [0.25, 0.3) is 0 Å². The van der Waals surface area contributed by atoms with Crippen LogP contribution in [-0.2, 0) is 15.4 Å². The predicted molar refractivity (Wildman–Crippen MR) is 191 cm³/mol. The number of thiazole rings is 1. The van der Waals surface area contributed by atoms with E-state index in [0.717, 1.165) is 34.3 Å². The molecule has 0 aliphatic carbocycles. The van der Waals surface area contributed by atoms with Gasteiger partial charge in [-0.1, -0.05) is 97.1 Å². The van der Waals surface area contributed by atoms with Gasteiger partial charge in [-0.15, -0.1) is 11.3 Å². The number of imidazole rings is 1. The van der Waals surface area contributed by atoms with E-state index in [1.54, 1.807) is 27.5 Å². The van der Waals surface area contributed by atoms with E-state index < -0.39 is 27.0 Å². The van der Waals surface area contributed by atoms with Crippen LogP contribution in [0.25, 0.3) is 38.7 Å². The number of hydrogen-bond donors (Lipinski definition) is 0. The fourth-order valence-corrected chi connectivity index (χ4v) is 8.19. The summed E-state index contributed by atoms with van der Waals surface area (Å²) in [6, 6.07) is 37.1. The highest BCUT2D eigenvalue weighted by Crippen LogP contribution is 2.44. The van der Waals surface area contributed by atoms with Crippen LogP contribution in [0.15, 0.2) is 150 Å². The maximum atomic E-state index is 15.7. The van der Waals surface area contributed by atoms with Gasteiger partial charge in [-0.2, -0.15) is 5.10 Å². The van der Waals surface area contributed by atoms with E-state index in [-0.39, 0.29) is 15.5 Å². The SMILES string of the molecule is CS(=O)(=O)c1cnc(-c2cnc3ccc(-c4cn(C(c5ccccc5)(c5ccccc5)c5ccccc5)nc4-c4c(F)cccc4F)cn23)s1. The molecule has 8 rings (SSSR count). The maximum absolute atomic E-state index is 15.7. The Labute approximate surface area is 290 Å². The van der Waals surface area contributed by atoms with Crippen molar-refractivity contribution in [1.29, 1.82) is 0 Å². The maximum Gasteiger partial charge on any atom is 0.186 e. The van der Waals surface area contributed by atoms with E-state index >= 15 is 8.78 Å². The summed E-state index contributed by atoms with van der Waals surface area (Å²) >= 11 is 1.04. The lowest BCUT2D eigenvalue weighted by molar-refractivity contribution is 0.460. The summed E-state index contributed by atoms with van der Waals surface area (Å²) in [5.74, 6) is -1.50. The number of halogens is 2. The van der Waals surface area contributed by atoms with Crippen molar-refractivity contribution < 1.29 is 17.2 Å². The molecule has 0 aliphatic rings. The van der Waals surface area contributed by atoms with Crippen LogP contribution in [0.4, 0.5) is 8.78 Å². The van der Waals surface area contributed by atoms with Crippen LogP contribution in [0, 0.1) is 11.6 Å². The van der Waals surface area contributed by atoms with Crippen molar-refractivity contribution in [3.05, 3.63) is 174 Å². The van der Waals surface area contributed by atoms with Gasteiger partial charge in [0.05, 0.1) is 18.0 Å². The van der Waals surface area contributed by atoms with Crippen molar-refractivity contribution in [1.82, 2.24) is 24.1 Å². The van der Waals surface area contributed by atoms with Crippen LogP contribution < -0.4 is 0 Å². The first-order chi connectivity index (χ1) is 24.2. The third-order valence-corrected chi connectivity index (χ3v) is 11.5. The molecule has 50 heavy (non-hydrogen) atoms. The number of nitrogens with zero attached hydrogens (tertiary/aromatic N) is 5. The van der Waals surface area contributed by atoms with Crippen LogP contribution in [0.5, 0.6) is 0 Å². The molecule has 0 saturated carbocycles. The van der Waals surface area contributed by atoms with Crippen LogP contribution in [0.1, 0.15) is 16.7 Å². The Bertz CT molecular complexity index is 2480.